The Bertz CT molecular complexity index is 323. The molecule has 0 saturated carbocycles. The average molecular weight is 218 g/mol. The number of nitrogens with zero attached hydrogens (tertiary/aromatic N) is 1. The van der Waals surface area contributed by atoms with E-state index in [2.05, 4.69) is 10.3 Å². The average Bonchev–Trinajstić information content (AvgIpc) is 1.99. The first-order valence-electron chi connectivity index (χ1n) is 4.63. The van der Waals surface area contributed by atoms with E-state index in [0.717, 1.165) is 5.56 Å². The molecule has 15 heavy (non-hydrogen) atoms. The van der Waals surface area contributed by atoms with Gasteiger partial charge in [0, 0.05) is 12.2 Å². The molecule has 0 radical (unpaired) electrons. The molecule has 5 heteroatoms. The maximum absolute atomic E-state index is 12.0. The van der Waals surface area contributed by atoms with Gasteiger partial charge in [-0.05, 0) is 31.5 Å². The van der Waals surface area contributed by atoms with Crippen molar-refractivity contribution in [3.63, 3.8) is 0 Å². The van der Waals surface area contributed by atoms with Gasteiger partial charge in [0.15, 0.2) is 0 Å². The topological polar surface area (TPSA) is 24.9 Å². The summed E-state index contributed by atoms with van der Waals surface area (Å²) in [5.74, 6) is 0.478. The van der Waals surface area contributed by atoms with Crippen molar-refractivity contribution >= 4 is 5.82 Å². The Morgan fingerprint density at radius 1 is 1.47 bits per heavy atom. The Kier molecular flexibility index (Phi) is 3.55. The van der Waals surface area contributed by atoms with Crippen LogP contribution in [0.2, 0.25) is 0 Å². The zero-order valence-corrected chi connectivity index (χ0v) is 8.60. The number of nitrogens with one attached hydrogen (secondary N) is 1. The van der Waals surface area contributed by atoms with Gasteiger partial charge in [0.25, 0.3) is 0 Å². The standard InChI is InChI=1S/C10H13F3N2/c1-7-3-4-14-9(5-7)15-8(2)6-10(11,12)13/h3-5,8H,6H2,1-2H3,(H,14,15). The maximum Gasteiger partial charge on any atom is 0.391 e. The fourth-order valence-electron chi connectivity index (χ4n) is 1.27. The maximum atomic E-state index is 12.0. The van der Waals surface area contributed by atoms with Crippen molar-refractivity contribution in [1.29, 1.82) is 0 Å². The Labute approximate surface area is 86.5 Å². The number of hydrogen-bond donors (Lipinski definition) is 1. The predicted octanol–water partition coefficient (Wildman–Crippen LogP) is 3.14. The molecule has 0 aromatic carbocycles. The summed E-state index contributed by atoms with van der Waals surface area (Å²) in [5.41, 5.74) is 0.965. The molecule has 0 amide bonds. The zero-order valence-electron chi connectivity index (χ0n) is 8.60. The number of anilines is 1. The Morgan fingerprint density at radius 2 is 2.13 bits per heavy atom. The number of aryl methyl sites for hydroxylation is 1. The summed E-state index contributed by atoms with van der Waals surface area (Å²) in [5, 5.41) is 2.71. The van der Waals surface area contributed by atoms with E-state index in [4.69, 9.17) is 0 Å². The molecule has 1 unspecified atom stereocenters. The van der Waals surface area contributed by atoms with Crippen LogP contribution in [0.4, 0.5) is 19.0 Å². The third-order valence-electron chi connectivity index (χ3n) is 1.85. The second-order valence-corrected chi connectivity index (χ2v) is 3.58. The Morgan fingerprint density at radius 3 is 2.67 bits per heavy atom. The van der Waals surface area contributed by atoms with Crippen molar-refractivity contribution in [2.24, 2.45) is 0 Å². The SMILES string of the molecule is Cc1ccnc(NC(C)CC(F)(F)F)c1. The van der Waals surface area contributed by atoms with Gasteiger partial charge in [0.05, 0.1) is 6.42 Å². The first-order chi connectivity index (χ1) is 6.87. The first kappa shape index (κ1) is 11.8. The number of hydrogen-bond acceptors (Lipinski definition) is 2. The van der Waals surface area contributed by atoms with Crippen LogP contribution in [0.5, 0.6) is 0 Å². The molecule has 0 fully saturated rings. The lowest BCUT2D eigenvalue weighted by Gasteiger charge is -2.16. The van der Waals surface area contributed by atoms with Gasteiger partial charge in [-0.25, -0.2) is 4.98 Å². The first-order valence-corrected chi connectivity index (χ1v) is 4.63. The molecule has 1 rings (SSSR count). The van der Waals surface area contributed by atoms with Gasteiger partial charge in [-0.15, -0.1) is 0 Å². The summed E-state index contributed by atoms with van der Waals surface area (Å²) >= 11 is 0. The summed E-state index contributed by atoms with van der Waals surface area (Å²) < 4.78 is 36.1. The van der Waals surface area contributed by atoms with Gasteiger partial charge in [-0.1, -0.05) is 0 Å². The molecule has 1 atom stereocenters. The normalized spacial score (nSPS) is 13.7. The molecule has 0 aliphatic heterocycles. The number of pyridine rings is 1. The molecule has 0 aliphatic carbocycles. The van der Waals surface area contributed by atoms with E-state index in [9.17, 15) is 13.2 Å². The molecule has 1 aromatic rings. The van der Waals surface area contributed by atoms with Gasteiger partial charge in [-0.2, -0.15) is 13.2 Å². The van der Waals surface area contributed by atoms with E-state index < -0.39 is 18.6 Å². The van der Waals surface area contributed by atoms with Crippen LogP contribution in [0.3, 0.4) is 0 Å². The van der Waals surface area contributed by atoms with E-state index in [1.54, 1.807) is 18.3 Å². The zero-order chi connectivity index (χ0) is 11.5. The number of aromatic nitrogens is 1. The van der Waals surface area contributed by atoms with Crippen LogP contribution >= 0.6 is 0 Å². The quantitative estimate of drug-likeness (QED) is 0.843. The number of rotatable bonds is 3. The molecule has 2 nitrogen and oxygen atoms in total. The van der Waals surface area contributed by atoms with Crippen LogP contribution in [0, 0.1) is 6.92 Å². The molecule has 0 saturated heterocycles. The highest BCUT2D eigenvalue weighted by Gasteiger charge is 2.29. The van der Waals surface area contributed by atoms with Gasteiger partial charge in [-0.3, -0.25) is 0 Å². The minimum Gasteiger partial charge on any atom is -0.367 e. The molecular weight excluding hydrogens is 205 g/mol. The van der Waals surface area contributed by atoms with Crippen LogP contribution < -0.4 is 5.32 Å². The number of halogens is 3. The highest BCUT2D eigenvalue weighted by Crippen LogP contribution is 2.22. The molecule has 1 N–H and O–H groups in total. The highest BCUT2D eigenvalue weighted by atomic mass is 19.4. The van der Waals surface area contributed by atoms with Crippen LogP contribution in [0.15, 0.2) is 18.3 Å². The summed E-state index contributed by atoms with van der Waals surface area (Å²) in [6.07, 6.45) is -3.43. The number of alkyl halides is 3. The lowest BCUT2D eigenvalue weighted by atomic mass is 10.2. The molecule has 84 valence electrons. The second-order valence-electron chi connectivity index (χ2n) is 3.58. The van der Waals surface area contributed by atoms with Crippen molar-refractivity contribution in [3.05, 3.63) is 23.9 Å². The van der Waals surface area contributed by atoms with Crippen molar-refractivity contribution in [1.82, 2.24) is 4.98 Å². The fraction of sp³-hybridized carbons (Fsp3) is 0.500. The van der Waals surface area contributed by atoms with E-state index in [-0.39, 0.29) is 0 Å². The van der Waals surface area contributed by atoms with E-state index in [1.165, 1.54) is 6.92 Å². The fourth-order valence-corrected chi connectivity index (χ4v) is 1.27. The van der Waals surface area contributed by atoms with Crippen LogP contribution in [0.1, 0.15) is 18.9 Å². The predicted molar refractivity (Wildman–Crippen MR) is 52.7 cm³/mol. The van der Waals surface area contributed by atoms with Gasteiger partial charge in [0.2, 0.25) is 0 Å². The lowest BCUT2D eigenvalue weighted by molar-refractivity contribution is -0.136. The smallest absolute Gasteiger partial charge is 0.367 e. The summed E-state index contributed by atoms with van der Waals surface area (Å²) in [6.45, 7) is 3.35. The van der Waals surface area contributed by atoms with E-state index in [0.29, 0.717) is 5.82 Å². The summed E-state index contributed by atoms with van der Waals surface area (Å²) in [7, 11) is 0. The molecule has 0 bridgehead atoms. The monoisotopic (exact) mass is 218 g/mol. The molecule has 1 heterocycles. The third kappa shape index (κ3) is 4.67. The van der Waals surface area contributed by atoms with Gasteiger partial charge in [0.1, 0.15) is 5.82 Å². The minimum atomic E-state index is -4.14. The van der Waals surface area contributed by atoms with Crippen molar-refractivity contribution in [2.45, 2.75) is 32.5 Å². The lowest BCUT2D eigenvalue weighted by Crippen LogP contribution is -2.24. The van der Waals surface area contributed by atoms with Crippen LogP contribution in [-0.2, 0) is 0 Å². The van der Waals surface area contributed by atoms with Gasteiger partial charge < -0.3 is 5.32 Å². The summed E-state index contributed by atoms with van der Waals surface area (Å²) in [6, 6.07) is 2.84. The molecule has 1 aromatic heterocycles. The molecular formula is C10H13F3N2. The third-order valence-corrected chi connectivity index (χ3v) is 1.85. The highest BCUT2D eigenvalue weighted by molar-refractivity contribution is 5.37. The molecule has 0 spiro atoms. The van der Waals surface area contributed by atoms with Crippen LogP contribution in [-0.4, -0.2) is 17.2 Å². The Balaban J connectivity index is 2.55. The van der Waals surface area contributed by atoms with E-state index in [1.807, 2.05) is 6.92 Å². The Hall–Kier alpha value is -1.26. The summed E-state index contributed by atoms with van der Waals surface area (Å²) in [4.78, 5) is 3.93. The van der Waals surface area contributed by atoms with Crippen molar-refractivity contribution < 1.29 is 13.2 Å². The minimum absolute atomic E-state index is 0.478. The van der Waals surface area contributed by atoms with Crippen molar-refractivity contribution in [2.75, 3.05) is 5.32 Å². The molecule has 0 aliphatic rings. The van der Waals surface area contributed by atoms with Crippen molar-refractivity contribution in [3.8, 4) is 0 Å². The largest absolute Gasteiger partial charge is 0.391 e. The van der Waals surface area contributed by atoms with E-state index >= 15 is 0 Å². The van der Waals surface area contributed by atoms with Crippen LogP contribution in [0.25, 0.3) is 0 Å². The second kappa shape index (κ2) is 4.51. The van der Waals surface area contributed by atoms with Gasteiger partial charge >= 0.3 is 6.18 Å².